The van der Waals surface area contributed by atoms with Gasteiger partial charge in [0.1, 0.15) is 5.69 Å². The normalized spacial score (nSPS) is 11.8. The molecule has 0 N–H and O–H groups in total. The first-order chi connectivity index (χ1) is 11.4. The van der Waals surface area contributed by atoms with Crippen LogP contribution in [0, 0.1) is 5.92 Å². The Balaban J connectivity index is 4.05. The molecule has 0 spiro atoms. The van der Waals surface area contributed by atoms with Crippen molar-refractivity contribution in [2.45, 2.75) is 32.9 Å². The number of halogens is 5. The van der Waals surface area contributed by atoms with Gasteiger partial charge in [0.05, 0.1) is 25.3 Å². The maximum atomic E-state index is 13.4. The Bertz CT molecular complexity index is 675. The fourth-order valence-corrected chi connectivity index (χ4v) is 2.73. The van der Waals surface area contributed by atoms with Crippen LogP contribution >= 0.6 is 24.4 Å². The van der Waals surface area contributed by atoms with Crippen molar-refractivity contribution in [1.29, 1.82) is 0 Å². The summed E-state index contributed by atoms with van der Waals surface area (Å²) in [5, 5.41) is -0.885. The summed E-state index contributed by atoms with van der Waals surface area (Å²) in [6.07, 6.45) is -8.27. The van der Waals surface area contributed by atoms with E-state index in [1.54, 1.807) is 13.8 Å². The van der Waals surface area contributed by atoms with E-state index in [1.165, 1.54) is 0 Å². The Labute approximate surface area is 152 Å². The molecule has 0 aliphatic heterocycles. The van der Waals surface area contributed by atoms with Crippen LogP contribution in [0.1, 0.15) is 48.4 Å². The van der Waals surface area contributed by atoms with Crippen molar-refractivity contribution in [3.05, 3.63) is 28.1 Å². The predicted molar refractivity (Wildman–Crippen MR) is 90.2 cm³/mol. The summed E-state index contributed by atoms with van der Waals surface area (Å²) in [6, 6.07) is 0. The molecule has 25 heavy (non-hydrogen) atoms. The lowest BCUT2D eigenvalue weighted by Gasteiger charge is -2.23. The van der Waals surface area contributed by atoms with Crippen molar-refractivity contribution >= 4 is 34.5 Å². The molecule has 0 amide bonds. The lowest BCUT2D eigenvalue weighted by atomic mass is 9.91. The van der Waals surface area contributed by atoms with Crippen LogP contribution in [0.5, 0.6) is 0 Å². The first kappa shape index (κ1) is 21.6. The molecule has 10 heteroatoms. The molecule has 3 nitrogen and oxygen atoms in total. The number of hydrogen-bond acceptors (Lipinski definition) is 5. The van der Waals surface area contributed by atoms with E-state index in [0.717, 1.165) is 14.2 Å². The van der Waals surface area contributed by atoms with Crippen molar-refractivity contribution in [3.63, 3.8) is 0 Å². The molecular formula is C15H16F5NO2S2. The van der Waals surface area contributed by atoms with E-state index in [9.17, 15) is 22.0 Å². The molecule has 0 unspecified atom stereocenters. The third-order valence-corrected chi connectivity index (χ3v) is 3.94. The maximum absolute atomic E-state index is 13.4. The van der Waals surface area contributed by atoms with Crippen LogP contribution in [-0.2, 0) is 22.1 Å². The fraction of sp³-hybridized carbons (Fsp3) is 0.533. The van der Waals surface area contributed by atoms with Crippen molar-refractivity contribution in [3.8, 4) is 0 Å². The van der Waals surface area contributed by atoms with Gasteiger partial charge in [0.15, 0.2) is 15.8 Å². The van der Waals surface area contributed by atoms with Gasteiger partial charge < -0.3 is 9.47 Å². The predicted octanol–water partition coefficient (Wildman–Crippen LogP) is 4.88. The van der Waals surface area contributed by atoms with Crippen molar-refractivity contribution < 1.29 is 31.4 Å². The topological polar surface area (TPSA) is 31.4 Å². The molecule has 0 aliphatic carbocycles. The van der Waals surface area contributed by atoms with Gasteiger partial charge in [-0.3, -0.25) is 0 Å². The van der Waals surface area contributed by atoms with E-state index in [-0.39, 0.29) is 28.5 Å². The standard InChI is InChI=1S/C15H16F5NO2S2/c1-6(2)5-7-8(13(24)22-3)10(12(16)17)21-11(15(18,19)20)9(7)14(25)23-4/h6,12H,5H2,1-4H3. The van der Waals surface area contributed by atoms with Gasteiger partial charge in [-0.25, -0.2) is 13.8 Å². The maximum Gasteiger partial charge on any atom is 0.434 e. The molecule has 0 radical (unpaired) electrons. The molecule has 0 saturated carbocycles. The Morgan fingerprint density at radius 3 is 1.88 bits per heavy atom. The summed E-state index contributed by atoms with van der Waals surface area (Å²) in [4.78, 5) is 3.14. The van der Waals surface area contributed by atoms with Gasteiger partial charge in [0, 0.05) is 0 Å². The average Bonchev–Trinajstić information content (AvgIpc) is 2.50. The SMILES string of the molecule is COC(=S)c1c(C(F)F)nc(C(F)(F)F)c(C(=S)OC)c1CC(C)C. The smallest absolute Gasteiger partial charge is 0.434 e. The molecule has 1 heterocycles. The molecule has 0 atom stereocenters. The number of rotatable bonds is 5. The summed E-state index contributed by atoms with van der Waals surface area (Å²) in [5.41, 5.74) is -3.61. The number of thiocarbonyl (C=S) groups is 2. The Morgan fingerprint density at radius 2 is 1.52 bits per heavy atom. The first-order valence-electron chi connectivity index (χ1n) is 7.04. The number of methoxy groups -OCH3 is 2. The molecule has 0 saturated heterocycles. The van der Waals surface area contributed by atoms with E-state index in [4.69, 9.17) is 33.9 Å². The zero-order valence-corrected chi connectivity index (χ0v) is 15.5. The molecule has 140 valence electrons. The zero-order chi connectivity index (χ0) is 19.5. The van der Waals surface area contributed by atoms with Gasteiger partial charge in [-0.1, -0.05) is 13.8 Å². The van der Waals surface area contributed by atoms with Crippen LogP contribution in [0.15, 0.2) is 0 Å². The Kier molecular flexibility index (Phi) is 7.18. The number of aromatic nitrogens is 1. The van der Waals surface area contributed by atoms with Gasteiger partial charge in [-0.2, -0.15) is 13.2 Å². The highest BCUT2D eigenvalue weighted by atomic mass is 32.1. The molecule has 1 rings (SSSR count). The molecule has 0 aromatic carbocycles. The number of alkyl halides is 5. The fourth-order valence-electron chi connectivity index (χ4n) is 2.28. The highest BCUT2D eigenvalue weighted by molar-refractivity contribution is 7.80. The van der Waals surface area contributed by atoms with Gasteiger partial charge in [0.2, 0.25) is 0 Å². The number of ether oxygens (including phenoxy) is 2. The largest absolute Gasteiger partial charge is 0.486 e. The Hall–Kier alpha value is -1.42. The van der Waals surface area contributed by atoms with Gasteiger partial charge >= 0.3 is 6.18 Å². The minimum absolute atomic E-state index is 0.00296. The van der Waals surface area contributed by atoms with Crippen LogP contribution < -0.4 is 0 Å². The zero-order valence-electron chi connectivity index (χ0n) is 13.8. The van der Waals surface area contributed by atoms with Gasteiger partial charge in [-0.05, 0) is 42.3 Å². The van der Waals surface area contributed by atoms with Crippen molar-refractivity contribution in [1.82, 2.24) is 4.98 Å². The van der Waals surface area contributed by atoms with Crippen LogP contribution in [0.3, 0.4) is 0 Å². The third-order valence-electron chi connectivity index (χ3n) is 3.20. The van der Waals surface area contributed by atoms with Crippen molar-refractivity contribution in [2.75, 3.05) is 14.2 Å². The number of hydrogen-bond donors (Lipinski definition) is 0. The molecule has 0 bridgehead atoms. The Morgan fingerprint density at radius 1 is 1.04 bits per heavy atom. The molecule has 0 fully saturated rings. The average molecular weight is 401 g/mol. The lowest BCUT2D eigenvalue weighted by molar-refractivity contribution is -0.141. The molecular weight excluding hydrogens is 385 g/mol. The molecule has 0 aliphatic rings. The lowest BCUT2D eigenvalue weighted by Crippen LogP contribution is -2.25. The summed E-state index contributed by atoms with van der Waals surface area (Å²) >= 11 is 9.80. The second-order valence-corrected chi connectivity index (χ2v) is 6.20. The summed E-state index contributed by atoms with van der Waals surface area (Å²) < 4.78 is 76.8. The first-order valence-corrected chi connectivity index (χ1v) is 7.86. The number of nitrogens with zero attached hydrogens (tertiary/aromatic N) is 1. The molecule has 1 aromatic rings. The molecule has 1 aromatic heterocycles. The summed E-state index contributed by atoms with van der Waals surface area (Å²) in [5.74, 6) is -0.175. The quantitative estimate of drug-likeness (QED) is 0.519. The van der Waals surface area contributed by atoms with E-state index >= 15 is 0 Å². The van der Waals surface area contributed by atoms with Gasteiger partial charge in [0.25, 0.3) is 6.43 Å². The van der Waals surface area contributed by atoms with E-state index in [0.29, 0.717) is 0 Å². The monoisotopic (exact) mass is 401 g/mol. The second kappa shape index (κ2) is 8.31. The number of pyridine rings is 1. The second-order valence-electron chi connectivity index (χ2n) is 5.45. The van der Waals surface area contributed by atoms with E-state index in [2.05, 4.69) is 4.98 Å². The minimum Gasteiger partial charge on any atom is -0.486 e. The highest BCUT2D eigenvalue weighted by Gasteiger charge is 2.41. The van der Waals surface area contributed by atoms with Gasteiger partial charge in [-0.15, -0.1) is 0 Å². The van der Waals surface area contributed by atoms with Crippen LogP contribution in [-0.4, -0.2) is 29.3 Å². The van der Waals surface area contributed by atoms with Crippen LogP contribution in [0.2, 0.25) is 0 Å². The summed E-state index contributed by atoms with van der Waals surface area (Å²) in [6.45, 7) is 3.43. The van der Waals surface area contributed by atoms with E-state index < -0.39 is 34.6 Å². The van der Waals surface area contributed by atoms with Crippen LogP contribution in [0.25, 0.3) is 0 Å². The van der Waals surface area contributed by atoms with Crippen LogP contribution in [0.4, 0.5) is 22.0 Å². The van der Waals surface area contributed by atoms with E-state index in [1.807, 2.05) is 0 Å². The van der Waals surface area contributed by atoms with Crippen molar-refractivity contribution in [2.24, 2.45) is 5.92 Å². The highest BCUT2D eigenvalue weighted by Crippen LogP contribution is 2.38. The summed E-state index contributed by atoms with van der Waals surface area (Å²) in [7, 11) is 2.24. The third kappa shape index (κ3) is 4.81. The minimum atomic E-state index is -5.00.